The summed E-state index contributed by atoms with van der Waals surface area (Å²) in [5.74, 6) is 0.907. The first kappa shape index (κ1) is 12.8. The molecule has 0 aliphatic heterocycles. The lowest BCUT2D eigenvalue weighted by Crippen LogP contribution is -2.10. The number of nitrogens with zero attached hydrogens (tertiary/aromatic N) is 3. The van der Waals surface area contributed by atoms with Crippen LogP contribution in [-0.2, 0) is 0 Å². The Morgan fingerprint density at radius 2 is 1.82 bits per heavy atom. The van der Waals surface area contributed by atoms with E-state index >= 15 is 0 Å². The number of aromatic nitrogens is 4. The Bertz CT molecular complexity index is 1040. The third kappa shape index (κ3) is 2.01. The van der Waals surface area contributed by atoms with Gasteiger partial charge in [0.2, 0.25) is 11.7 Å². The van der Waals surface area contributed by atoms with Gasteiger partial charge in [0.15, 0.2) is 0 Å². The normalized spacial score (nSPS) is 11.1. The van der Waals surface area contributed by atoms with Gasteiger partial charge in [0.25, 0.3) is 5.56 Å². The fraction of sp³-hybridized carbons (Fsp3) is 0. The Labute approximate surface area is 129 Å². The van der Waals surface area contributed by atoms with E-state index in [1.165, 1.54) is 0 Å². The van der Waals surface area contributed by atoms with E-state index in [2.05, 4.69) is 20.5 Å². The zero-order chi connectivity index (χ0) is 15.1. The molecule has 4 rings (SSSR count). The second-order valence-electron chi connectivity index (χ2n) is 4.79. The first-order valence-corrected chi connectivity index (χ1v) is 6.99. The van der Waals surface area contributed by atoms with Crippen molar-refractivity contribution in [3.63, 3.8) is 0 Å². The molecule has 0 bridgehead atoms. The van der Waals surface area contributed by atoms with Crippen molar-refractivity contribution in [3.05, 3.63) is 63.9 Å². The first-order valence-electron chi connectivity index (χ1n) is 6.61. The van der Waals surface area contributed by atoms with Gasteiger partial charge < -0.3 is 5.32 Å². The predicted octanol–water partition coefficient (Wildman–Crippen LogP) is 2.97. The maximum atomic E-state index is 12.0. The molecule has 0 saturated heterocycles. The third-order valence-electron chi connectivity index (χ3n) is 3.38. The van der Waals surface area contributed by atoms with E-state index in [4.69, 9.17) is 11.6 Å². The lowest BCUT2D eigenvalue weighted by Gasteiger charge is -2.06. The van der Waals surface area contributed by atoms with E-state index in [0.717, 1.165) is 11.2 Å². The number of fused-ring (bicyclic) bond motifs is 3. The van der Waals surface area contributed by atoms with Gasteiger partial charge in [-0.2, -0.15) is 0 Å². The van der Waals surface area contributed by atoms with Gasteiger partial charge in [0, 0.05) is 10.7 Å². The highest BCUT2D eigenvalue weighted by atomic mass is 35.5. The lowest BCUT2D eigenvalue weighted by atomic mass is 10.2. The van der Waals surface area contributed by atoms with Crippen molar-refractivity contribution in [1.82, 2.24) is 19.6 Å². The average Bonchev–Trinajstić information content (AvgIpc) is 2.93. The molecule has 2 N–H and O–H groups in total. The van der Waals surface area contributed by atoms with Crippen molar-refractivity contribution in [3.8, 4) is 0 Å². The molecule has 7 heteroatoms. The maximum absolute atomic E-state index is 12.0. The molecule has 22 heavy (non-hydrogen) atoms. The van der Waals surface area contributed by atoms with Crippen LogP contribution in [0.25, 0.3) is 16.7 Å². The standard InChI is InChI=1S/C15H10ClN5O/c16-9-5-7-10(8-6-9)17-14-19-20-15-18-13(22)11-3-1-2-4-12(11)21(14)15/h1-8H,(H,17,19)(H,18,20,22). The summed E-state index contributed by atoms with van der Waals surface area (Å²) < 4.78 is 1.77. The molecular formula is C15H10ClN5O. The molecule has 108 valence electrons. The van der Waals surface area contributed by atoms with E-state index in [0.29, 0.717) is 22.1 Å². The summed E-state index contributed by atoms with van der Waals surface area (Å²) in [5.41, 5.74) is 1.38. The van der Waals surface area contributed by atoms with Gasteiger partial charge in [-0.1, -0.05) is 23.7 Å². The molecule has 0 aliphatic carbocycles. The van der Waals surface area contributed by atoms with Crippen molar-refractivity contribution in [2.75, 3.05) is 5.32 Å². The van der Waals surface area contributed by atoms with Crippen LogP contribution in [0.1, 0.15) is 0 Å². The number of nitrogens with one attached hydrogen (secondary N) is 2. The van der Waals surface area contributed by atoms with Crippen LogP contribution in [0.5, 0.6) is 0 Å². The van der Waals surface area contributed by atoms with Crippen molar-refractivity contribution < 1.29 is 0 Å². The molecule has 0 atom stereocenters. The number of anilines is 2. The van der Waals surface area contributed by atoms with Crippen molar-refractivity contribution >= 4 is 39.9 Å². The van der Waals surface area contributed by atoms with Crippen LogP contribution in [0, 0.1) is 0 Å². The minimum Gasteiger partial charge on any atom is -0.324 e. The Hall–Kier alpha value is -2.86. The van der Waals surface area contributed by atoms with Crippen molar-refractivity contribution in [2.45, 2.75) is 0 Å². The zero-order valence-corrected chi connectivity index (χ0v) is 12.0. The van der Waals surface area contributed by atoms with Gasteiger partial charge in [-0.3, -0.25) is 9.78 Å². The molecule has 2 aromatic carbocycles. The van der Waals surface area contributed by atoms with Crippen LogP contribution < -0.4 is 10.9 Å². The summed E-state index contributed by atoms with van der Waals surface area (Å²) in [6, 6.07) is 14.6. The molecule has 2 heterocycles. The molecule has 4 aromatic rings. The number of rotatable bonds is 2. The highest BCUT2D eigenvalue weighted by molar-refractivity contribution is 6.30. The Morgan fingerprint density at radius 3 is 2.64 bits per heavy atom. The molecule has 0 fully saturated rings. The molecular weight excluding hydrogens is 302 g/mol. The Morgan fingerprint density at radius 1 is 1.05 bits per heavy atom. The van der Waals surface area contributed by atoms with Gasteiger partial charge in [0.1, 0.15) is 0 Å². The fourth-order valence-electron chi connectivity index (χ4n) is 2.37. The number of benzene rings is 2. The van der Waals surface area contributed by atoms with Crippen LogP contribution in [0.4, 0.5) is 11.6 Å². The summed E-state index contributed by atoms with van der Waals surface area (Å²) in [7, 11) is 0. The highest BCUT2D eigenvalue weighted by Crippen LogP contribution is 2.20. The number of halogens is 1. The SMILES string of the molecule is O=c1[nH]c2nnc(Nc3ccc(Cl)cc3)n2c2ccccc12. The number of para-hydroxylation sites is 1. The smallest absolute Gasteiger partial charge is 0.260 e. The molecule has 2 aromatic heterocycles. The minimum atomic E-state index is -0.187. The third-order valence-corrected chi connectivity index (χ3v) is 3.63. The van der Waals surface area contributed by atoms with Crippen molar-refractivity contribution in [2.24, 2.45) is 0 Å². The van der Waals surface area contributed by atoms with E-state index in [1.54, 1.807) is 22.6 Å². The largest absolute Gasteiger partial charge is 0.324 e. The van der Waals surface area contributed by atoms with E-state index in [9.17, 15) is 4.79 Å². The molecule has 0 saturated carbocycles. The quantitative estimate of drug-likeness (QED) is 0.597. The summed E-state index contributed by atoms with van der Waals surface area (Å²) in [6.45, 7) is 0. The summed E-state index contributed by atoms with van der Waals surface area (Å²) in [5, 5.41) is 12.5. The monoisotopic (exact) mass is 311 g/mol. The van der Waals surface area contributed by atoms with Gasteiger partial charge in [-0.05, 0) is 36.4 Å². The number of aromatic amines is 1. The minimum absolute atomic E-state index is 0.187. The fourth-order valence-corrected chi connectivity index (χ4v) is 2.49. The van der Waals surface area contributed by atoms with Gasteiger partial charge >= 0.3 is 0 Å². The summed E-state index contributed by atoms with van der Waals surface area (Å²) in [6.07, 6.45) is 0. The zero-order valence-electron chi connectivity index (χ0n) is 11.2. The molecule has 0 aliphatic rings. The van der Waals surface area contributed by atoms with Crippen molar-refractivity contribution in [1.29, 1.82) is 0 Å². The second kappa shape index (κ2) is 4.85. The number of hydrogen-bond acceptors (Lipinski definition) is 4. The van der Waals surface area contributed by atoms with E-state index in [-0.39, 0.29) is 5.56 Å². The van der Waals surface area contributed by atoms with Crippen LogP contribution >= 0.6 is 11.6 Å². The Balaban J connectivity index is 1.93. The summed E-state index contributed by atoms with van der Waals surface area (Å²) in [4.78, 5) is 14.7. The van der Waals surface area contributed by atoms with E-state index < -0.39 is 0 Å². The van der Waals surface area contributed by atoms with Gasteiger partial charge in [0.05, 0.1) is 10.9 Å². The molecule has 0 amide bonds. The second-order valence-corrected chi connectivity index (χ2v) is 5.22. The van der Waals surface area contributed by atoms with E-state index in [1.807, 2.05) is 30.3 Å². The summed E-state index contributed by atoms with van der Waals surface area (Å²) >= 11 is 5.88. The molecule has 0 radical (unpaired) electrons. The first-order chi connectivity index (χ1) is 10.7. The molecule has 0 unspecified atom stereocenters. The predicted molar refractivity (Wildman–Crippen MR) is 85.8 cm³/mol. The lowest BCUT2D eigenvalue weighted by molar-refractivity contribution is 1.09. The number of hydrogen-bond donors (Lipinski definition) is 2. The Kier molecular flexibility index (Phi) is 2.83. The van der Waals surface area contributed by atoms with Crippen LogP contribution in [-0.4, -0.2) is 19.6 Å². The highest BCUT2D eigenvalue weighted by Gasteiger charge is 2.11. The average molecular weight is 312 g/mol. The van der Waals surface area contributed by atoms with Crippen LogP contribution in [0.2, 0.25) is 5.02 Å². The maximum Gasteiger partial charge on any atom is 0.260 e. The topological polar surface area (TPSA) is 75.1 Å². The van der Waals surface area contributed by atoms with Gasteiger partial charge in [-0.25, -0.2) is 4.40 Å². The van der Waals surface area contributed by atoms with Crippen LogP contribution in [0.15, 0.2) is 53.3 Å². The van der Waals surface area contributed by atoms with Gasteiger partial charge in [-0.15, -0.1) is 10.2 Å². The molecule has 0 spiro atoms. The van der Waals surface area contributed by atoms with Crippen LogP contribution in [0.3, 0.4) is 0 Å². The molecule has 6 nitrogen and oxygen atoms in total. The number of H-pyrrole nitrogens is 1.